The summed E-state index contributed by atoms with van der Waals surface area (Å²) >= 11 is 0. The minimum absolute atomic E-state index is 0.0104. The second-order valence-corrected chi connectivity index (χ2v) is 6.81. The number of halogens is 1. The van der Waals surface area contributed by atoms with Gasteiger partial charge in [0, 0.05) is 18.5 Å². The van der Waals surface area contributed by atoms with Gasteiger partial charge in [0.1, 0.15) is 5.82 Å². The maximum absolute atomic E-state index is 13.6. The number of piperidine rings is 1. The van der Waals surface area contributed by atoms with Crippen molar-refractivity contribution in [2.24, 2.45) is 5.41 Å². The molecule has 1 N–H and O–H groups in total. The van der Waals surface area contributed by atoms with Crippen molar-refractivity contribution >= 4 is 5.91 Å². The van der Waals surface area contributed by atoms with E-state index in [4.69, 9.17) is 0 Å². The maximum atomic E-state index is 13.6. The fourth-order valence-electron chi connectivity index (χ4n) is 4.13. The van der Waals surface area contributed by atoms with Gasteiger partial charge in [-0.2, -0.15) is 0 Å². The standard InChI is InChI=1S/C18H24FNO2/c1-2-18(22)8-7-17(18)9-11-20(12-10-17)16(21)13-14-5-3-4-6-15(14)19/h3-6,22H,2,7-13H2,1H3. The van der Waals surface area contributed by atoms with E-state index >= 15 is 0 Å². The van der Waals surface area contributed by atoms with Crippen molar-refractivity contribution in [3.05, 3.63) is 35.6 Å². The molecule has 1 aromatic carbocycles. The quantitative estimate of drug-likeness (QED) is 0.933. The lowest BCUT2D eigenvalue weighted by atomic mass is 9.51. The van der Waals surface area contributed by atoms with Crippen LogP contribution in [0.1, 0.15) is 44.6 Å². The summed E-state index contributed by atoms with van der Waals surface area (Å²) in [6, 6.07) is 6.45. The molecule has 22 heavy (non-hydrogen) atoms. The molecule has 1 aromatic rings. The summed E-state index contributed by atoms with van der Waals surface area (Å²) in [5.74, 6) is -0.331. The third-order valence-electron chi connectivity index (χ3n) is 5.96. The topological polar surface area (TPSA) is 40.5 Å². The summed E-state index contributed by atoms with van der Waals surface area (Å²) in [7, 11) is 0. The lowest BCUT2D eigenvalue weighted by molar-refractivity contribution is -0.192. The van der Waals surface area contributed by atoms with Gasteiger partial charge in [0.05, 0.1) is 12.0 Å². The highest BCUT2D eigenvalue weighted by Gasteiger charge is 2.57. The number of hydrogen-bond acceptors (Lipinski definition) is 2. The number of benzene rings is 1. The zero-order valence-corrected chi connectivity index (χ0v) is 13.1. The number of aliphatic hydroxyl groups is 1. The zero-order valence-electron chi connectivity index (χ0n) is 13.1. The van der Waals surface area contributed by atoms with Crippen molar-refractivity contribution in [3.8, 4) is 0 Å². The highest BCUT2D eigenvalue weighted by atomic mass is 19.1. The second kappa shape index (κ2) is 5.65. The molecule has 1 spiro atoms. The molecule has 0 bridgehead atoms. The van der Waals surface area contributed by atoms with Crippen LogP contribution in [0, 0.1) is 11.2 Å². The van der Waals surface area contributed by atoms with Gasteiger partial charge in [0.15, 0.2) is 0 Å². The lowest BCUT2D eigenvalue weighted by Gasteiger charge is -2.59. The van der Waals surface area contributed by atoms with Crippen LogP contribution in [-0.4, -0.2) is 34.6 Å². The average Bonchev–Trinajstić information content (AvgIpc) is 2.55. The van der Waals surface area contributed by atoms with Gasteiger partial charge in [-0.15, -0.1) is 0 Å². The van der Waals surface area contributed by atoms with Crippen LogP contribution in [-0.2, 0) is 11.2 Å². The Morgan fingerprint density at radius 2 is 1.91 bits per heavy atom. The minimum atomic E-state index is -0.534. The van der Waals surface area contributed by atoms with Gasteiger partial charge in [-0.05, 0) is 43.7 Å². The largest absolute Gasteiger partial charge is 0.389 e. The molecule has 1 saturated heterocycles. The fourth-order valence-corrected chi connectivity index (χ4v) is 4.13. The molecule has 0 aromatic heterocycles. The summed E-state index contributed by atoms with van der Waals surface area (Å²) in [5, 5.41) is 10.6. The van der Waals surface area contributed by atoms with Crippen LogP contribution >= 0.6 is 0 Å². The highest BCUT2D eigenvalue weighted by Crippen LogP contribution is 2.57. The summed E-state index contributed by atoms with van der Waals surface area (Å²) < 4.78 is 13.6. The van der Waals surface area contributed by atoms with E-state index in [2.05, 4.69) is 0 Å². The molecule has 4 heteroatoms. The van der Waals surface area contributed by atoms with Crippen LogP contribution in [0.2, 0.25) is 0 Å². The number of rotatable bonds is 3. The monoisotopic (exact) mass is 305 g/mol. The first-order chi connectivity index (χ1) is 10.5. The van der Waals surface area contributed by atoms with Crippen LogP contribution in [0.4, 0.5) is 4.39 Å². The van der Waals surface area contributed by atoms with E-state index in [0.29, 0.717) is 18.7 Å². The van der Waals surface area contributed by atoms with Crippen LogP contribution in [0.5, 0.6) is 0 Å². The normalized spacial score (nSPS) is 26.8. The van der Waals surface area contributed by atoms with Crippen LogP contribution < -0.4 is 0 Å². The summed E-state index contributed by atoms with van der Waals surface area (Å²) in [6.07, 6.45) is 4.58. The molecular weight excluding hydrogens is 281 g/mol. The summed E-state index contributed by atoms with van der Waals surface area (Å²) in [4.78, 5) is 14.2. The first kappa shape index (κ1) is 15.5. The number of carbonyl (C=O) groups excluding carboxylic acids is 1. The lowest BCUT2D eigenvalue weighted by Crippen LogP contribution is -2.61. The van der Waals surface area contributed by atoms with Crippen LogP contribution in [0.3, 0.4) is 0 Å². The van der Waals surface area contributed by atoms with Crippen LogP contribution in [0.25, 0.3) is 0 Å². The molecule has 1 heterocycles. The number of carbonyl (C=O) groups is 1. The molecule has 1 atom stereocenters. The van der Waals surface area contributed by atoms with Gasteiger partial charge in [-0.3, -0.25) is 4.79 Å². The van der Waals surface area contributed by atoms with E-state index in [0.717, 1.165) is 32.1 Å². The zero-order chi connectivity index (χ0) is 15.8. The van der Waals surface area contributed by atoms with E-state index in [1.54, 1.807) is 18.2 Å². The molecule has 2 fully saturated rings. The molecule has 1 aliphatic carbocycles. The number of hydrogen-bond donors (Lipinski definition) is 1. The van der Waals surface area contributed by atoms with Gasteiger partial charge >= 0.3 is 0 Å². The van der Waals surface area contributed by atoms with Crippen molar-refractivity contribution in [2.45, 2.75) is 51.0 Å². The fraction of sp³-hybridized carbons (Fsp3) is 0.611. The van der Waals surface area contributed by atoms with Gasteiger partial charge in [0.25, 0.3) is 0 Å². The Balaban J connectivity index is 1.60. The maximum Gasteiger partial charge on any atom is 0.227 e. The van der Waals surface area contributed by atoms with Crippen molar-refractivity contribution in [2.75, 3.05) is 13.1 Å². The third kappa shape index (κ3) is 2.43. The first-order valence-corrected chi connectivity index (χ1v) is 8.23. The Kier molecular flexibility index (Phi) is 3.98. The van der Waals surface area contributed by atoms with Gasteiger partial charge < -0.3 is 10.0 Å². The average molecular weight is 305 g/mol. The Morgan fingerprint density at radius 1 is 1.23 bits per heavy atom. The van der Waals surface area contributed by atoms with E-state index < -0.39 is 5.60 Å². The summed E-state index contributed by atoms with van der Waals surface area (Å²) in [6.45, 7) is 3.39. The number of likely N-dealkylation sites (tertiary alicyclic amines) is 1. The van der Waals surface area contributed by atoms with Crippen molar-refractivity contribution < 1.29 is 14.3 Å². The molecular formula is C18H24FNO2. The van der Waals surface area contributed by atoms with Crippen LogP contribution in [0.15, 0.2) is 24.3 Å². The molecule has 1 aliphatic heterocycles. The predicted octanol–water partition coefficient (Wildman–Crippen LogP) is 2.91. The SMILES string of the molecule is CCC1(O)CCC12CCN(C(=O)Cc1ccccc1F)CC2. The molecule has 1 amide bonds. The van der Waals surface area contributed by atoms with Crippen molar-refractivity contribution in [3.63, 3.8) is 0 Å². The third-order valence-corrected chi connectivity index (χ3v) is 5.96. The molecule has 120 valence electrons. The Labute approximate surface area is 131 Å². The van der Waals surface area contributed by atoms with Crippen molar-refractivity contribution in [1.29, 1.82) is 0 Å². The summed E-state index contributed by atoms with van der Waals surface area (Å²) in [5.41, 5.74) is -0.0639. The van der Waals surface area contributed by atoms with Gasteiger partial charge in [0.2, 0.25) is 5.91 Å². The van der Waals surface area contributed by atoms with E-state index in [1.165, 1.54) is 6.07 Å². The molecule has 0 radical (unpaired) electrons. The molecule has 2 aliphatic rings. The minimum Gasteiger partial charge on any atom is -0.389 e. The van der Waals surface area contributed by atoms with E-state index in [-0.39, 0.29) is 23.6 Å². The van der Waals surface area contributed by atoms with E-state index in [9.17, 15) is 14.3 Å². The molecule has 3 nitrogen and oxygen atoms in total. The van der Waals surface area contributed by atoms with E-state index in [1.807, 2.05) is 11.8 Å². The number of nitrogens with zero attached hydrogens (tertiary/aromatic N) is 1. The molecule has 1 saturated carbocycles. The Hall–Kier alpha value is -1.42. The molecule has 1 unspecified atom stereocenters. The highest BCUT2D eigenvalue weighted by molar-refractivity contribution is 5.79. The van der Waals surface area contributed by atoms with Crippen molar-refractivity contribution in [1.82, 2.24) is 4.90 Å². The van der Waals surface area contributed by atoms with Gasteiger partial charge in [-0.1, -0.05) is 25.1 Å². The van der Waals surface area contributed by atoms with Gasteiger partial charge in [-0.25, -0.2) is 4.39 Å². The first-order valence-electron chi connectivity index (χ1n) is 8.23. The predicted molar refractivity (Wildman–Crippen MR) is 82.8 cm³/mol. The smallest absolute Gasteiger partial charge is 0.227 e. The number of amides is 1. The second-order valence-electron chi connectivity index (χ2n) is 6.81. The Morgan fingerprint density at radius 3 is 2.45 bits per heavy atom. The molecule has 3 rings (SSSR count). The Bertz CT molecular complexity index is 562.